The number of rotatable bonds is 6. The van der Waals surface area contributed by atoms with Crippen molar-refractivity contribution in [3.63, 3.8) is 0 Å². The zero-order valence-corrected chi connectivity index (χ0v) is 16.9. The quantitative estimate of drug-likeness (QED) is 0.711. The Morgan fingerprint density at radius 3 is 2.44 bits per heavy atom. The van der Waals surface area contributed by atoms with Crippen molar-refractivity contribution in [3.05, 3.63) is 35.4 Å². The standard InChI is InChI=1S/C20H27N5OS/c1-23(2)18(26)16-8-6-15(7-9-16)14-27-20-22-21-19(25(20)17-10-11-17)24-12-4-3-5-13-24/h6-9,17H,3-5,10-14H2,1-2H3. The van der Waals surface area contributed by atoms with Crippen LogP contribution in [0.4, 0.5) is 5.95 Å². The van der Waals surface area contributed by atoms with Crippen molar-refractivity contribution < 1.29 is 4.79 Å². The first kappa shape index (κ1) is 18.3. The lowest BCUT2D eigenvalue weighted by atomic mass is 10.1. The SMILES string of the molecule is CN(C)C(=O)c1ccc(CSc2nnc(N3CCCCC3)n2C2CC2)cc1. The van der Waals surface area contributed by atoms with Crippen LogP contribution in [0.2, 0.25) is 0 Å². The zero-order chi connectivity index (χ0) is 18.8. The summed E-state index contributed by atoms with van der Waals surface area (Å²) in [6.07, 6.45) is 6.28. The molecule has 0 atom stereocenters. The molecule has 1 amide bonds. The summed E-state index contributed by atoms with van der Waals surface area (Å²) in [7, 11) is 3.55. The van der Waals surface area contributed by atoms with E-state index in [9.17, 15) is 4.79 Å². The van der Waals surface area contributed by atoms with E-state index in [0.717, 1.165) is 35.5 Å². The Hall–Kier alpha value is -2.02. The summed E-state index contributed by atoms with van der Waals surface area (Å²) in [6, 6.07) is 8.45. The number of anilines is 1. The molecule has 2 aromatic rings. The smallest absolute Gasteiger partial charge is 0.253 e. The molecule has 27 heavy (non-hydrogen) atoms. The number of benzene rings is 1. The fraction of sp³-hybridized carbons (Fsp3) is 0.550. The largest absolute Gasteiger partial charge is 0.345 e. The van der Waals surface area contributed by atoms with Gasteiger partial charge in [-0.15, -0.1) is 10.2 Å². The van der Waals surface area contributed by atoms with Crippen molar-refractivity contribution in [2.75, 3.05) is 32.1 Å². The second-order valence-electron chi connectivity index (χ2n) is 7.62. The van der Waals surface area contributed by atoms with Gasteiger partial charge in [0.25, 0.3) is 5.91 Å². The lowest BCUT2D eigenvalue weighted by Crippen LogP contribution is -2.31. The lowest BCUT2D eigenvalue weighted by molar-refractivity contribution is 0.0827. The molecule has 1 aromatic heterocycles. The van der Waals surface area contributed by atoms with Crippen molar-refractivity contribution >= 4 is 23.6 Å². The van der Waals surface area contributed by atoms with E-state index < -0.39 is 0 Å². The first-order chi connectivity index (χ1) is 13.1. The summed E-state index contributed by atoms with van der Waals surface area (Å²) in [5.41, 5.74) is 1.92. The van der Waals surface area contributed by atoms with Crippen molar-refractivity contribution in [2.45, 2.75) is 49.1 Å². The molecule has 0 unspecified atom stereocenters. The van der Waals surface area contributed by atoms with Crippen LogP contribution in [-0.2, 0) is 5.75 Å². The Kier molecular flexibility index (Phi) is 5.38. The molecule has 0 radical (unpaired) electrons. The van der Waals surface area contributed by atoms with Gasteiger partial charge in [-0.3, -0.25) is 9.36 Å². The van der Waals surface area contributed by atoms with Gasteiger partial charge < -0.3 is 9.80 Å². The predicted molar refractivity (Wildman–Crippen MR) is 108 cm³/mol. The fourth-order valence-electron chi connectivity index (χ4n) is 3.48. The zero-order valence-electron chi connectivity index (χ0n) is 16.1. The van der Waals surface area contributed by atoms with E-state index in [1.165, 1.54) is 37.7 Å². The highest BCUT2D eigenvalue weighted by molar-refractivity contribution is 7.98. The van der Waals surface area contributed by atoms with Crippen LogP contribution in [0.25, 0.3) is 0 Å². The monoisotopic (exact) mass is 385 g/mol. The van der Waals surface area contributed by atoms with Crippen LogP contribution in [0.5, 0.6) is 0 Å². The number of thioether (sulfide) groups is 1. The molecular weight excluding hydrogens is 358 g/mol. The Labute approximate surface area is 164 Å². The highest BCUT2D eigenvalue weighted by Crippen LogP contribution is 2.41. The number of aromatic nitrogens is 3. The van der Waals surface area contributed by atoms with Gasteiger partial charge in [0, 0.05) is 44.5 Å². The van der Waals surface area contributed by atoms with Crippen LogP contribution in [-0.4, -0.2) is 52.8 Å². The topological polar surface area (TPSA) is 54.3 Å². The molecule has 4 rings (SSSR count). The number of hydrogen-bond donors (Lipinski definition) is 0. The number of carbonyl (C=O) groups excluding carboxylic acids is 1. The van der Waals surface area contributed by atoms with Gasteiger partial charge in [-0.1, -0.05) is 23.9 Å². The number of amides is 1. The predicted octanol–water partition coefficient (Wildman–Crippen LogP) is 3.60. The van der Waals surface area contributed by atoms with Gasteiger partial charge >= 0.3 is 0 Å². The maximum Gasteiger partial charge on any atom is 0.253 e. The van der Waals surface area contributed by atoms with E-state index in [-0.39, 0.29) is 5.91 Å². The van der Waals surface area contributed by atoms with Crippen molar-refractivity contribution in [1.29, 1.82) is 0 Å². The molecule has 0 bridgehead atoms. The minimum atomic E-state index is 0.0360. The van der Waals surface area contributed by atoms with Gasteiger partial charge in [-0.2, -0.15) is 0 Å². The summed E-state index contributed by atoms with van der Waals surface area (Å²) in [5, 5.41) is 10.1. The van der Waals surface area contributed by atoms with Crippen LogP contribution in [0.15, 0.2) is 29.4 Å². The summed E-state index contributed by atoms with van der Waals surface area (Å²) < 4.78 is 2.36. The average molecular weight is 386 g/mol. The van der Waals surface area contributed by atoms with Crippen LogP contribution in [0.1, 0.15) is 54.1 Å². The van der Waals surface area contributed by atoms with Crippen molar-refractivity contribution in [2.24, 2.45) is 0 Å². The molecule has 1 aromatic carbocycles. The Balaban J connectivity index is 1.45. The highest BCUT2D eigenvalue weighted by atomic mass is 32.2. The maximum absolute atomic E-state index is 12.0. The summed E-state index contributed by atoms with van der Waals surface area (Å²) in [4.78, 5) is 16.0. The third-order valence-corrected chi connectivity index (χ3v) is 6.19. The van der Waals surface area contributed by atoms with E-state index in [0.29, 0.717) is 6.04 Å². The Morgan fingerprint density at radius 1 is 1.11 bits per heavy atom. The molecule has 2 fully saturated rings. The van der Waals surface area contributed by atoms with E-state index in [2.05, 4.69) is 19.7 Å². The normalized spacial score (nSPS) is 17.2. The second-order valence-corrected chi connectivity index (χ2v) is 8.56. The molecule has 2 aliphatic rings. The molecule has 1 saturated heterocycles. The van der Waals surface area contributed by atoms with Crippen molar-refractivity contribution in [3.8, 4) is 0 Å². The maximum atomic E-state index is 12.0. The summed E-state index contributed by atoms with van der Waals surface area (Å²) in [5.74, 6) is 1.93. The lowest BCUT2D eigenvalue weighted by Gasteiger charge is -2.27. The number of carbonyl (C=O) groups is 1. The first-order valence-electron chi connectivity index (χ1n) is 9.77. The van der Waals surface area contributed by atoms with Gasteiger partial charge in [0.2, 0.25) is 5.95 Å². The van der Waals surface area contributed by atoms with Crippen LogP contribution in [0.3, 0.4) is 0 Å². The Morgan fingerprint density at radius 2 is 1.81 bits per heavy atom. The molecule has 144 valence electrons. The minimum absolute atomic E-state index is 0.0360. The van der Waals surface area contributed by atoms with Crippen molar-refractivity contribution in [1.82, 2.24) is 19.7 Å². The van der Waals surface area contributed by atoms with Gasteiger partial charge in [0.05, 0.1) is 0 Å². The molecule has 1 aliphatic carbocycles. The molecule has 1 saturated carbocycles. The number of piperidine rings is 1. The van der Waals surface area contributed by atoms with E-state index in [1.54, 1.807) is 30.8 Å². The van der Waals surface area contributed by atoms with Crippen LogP contribution in [0, 0.1) is 0 Å². The van der Waals surface area contributed by atoms with Crippen LogP contribution < -0.4 is 4.90 Å². The van der Waals surface area contributed by atoms with Gasteiger partial charge in [0.15, 0.2) is 5.16 Å². The van der Waals surface area contributed by atoms with Gasteiger partial charge in [-0.05, 0) is 49.8 Å². The molecular formula is C20H27N5OS. The number of nitrogens with zero attached hydrogens (tertiary/aromatic N) is 5. The first-order valence-corrected chi connectivity index (χ1v) is 10.8. The molecule has 0 spiro atoms. The summed E-state index contributed by atoms with van der Waals surface area (Å²) in [6.45, 7) is 2.19. The van der Waals surface area contributed by atoms with E-state index in [4.69, 9.17) is 0 Å². The van der Waals surface area contributed by atoms with E-state index >= 15 is 0 Å². The highest BCUT2D eigenvalue weighted by Gasteiger charge is 2.32. The number of hydrogen-bond acceptors (Lipinski definition) is 5. The molecule has 6 nitrogen and oxygen atoms in total. The summed E-state index contributed by atoms with van der Waals surface area (Å²) >= 11 is 1.74. The van der Waals surface area contributed by atoms with Crippen LogP contribution >= 0.6 is 11.8 Å². The third kappa shape index (κ3) is 4.13. The second kappa shape index (κ2) is 7.92. The Bertz CT molecular complexity index is 791. The molecule has 2 heterocycles. The molecule has 1 aliphatic heterocycles. The molecule has 7 heteroatoms. The average Bonchev–Trinajstić information content (AvgIpc) is 3.45. The minimum Gasteiger partial charge on any atom is -0.345 e. The molecule has 0 N–H and O–H groups in total. The van der Waals surface area contributed by atoms with E-state index in [1.807, 2.05) is 24.3 Å². The third-order valence-electron chi connectivity index (χ3n) is 5.17. The van der Waals surface area contributed by atoms with Gasteiger partial charge in [0.1, 0.15) is 0 Å². The van der Waals surface area contributed by atoms with Gasteiger partial charge in [-0.25, -0.2) is 0 Å². The fourth-order valence-corrected chi connectivity index (χ4v) is 4.44.